The van der Waals surface area contributed by atoms with Gasteiger partial charge in [-0.2, -0.15) is 0 Å². The molecule has 2 aliphatic rings. The number of furan rings is 1. The maximum absolute atomic E-state index is 12.5. The van der Waals surface area contributed by atoms with Crippen LogP contribution >= 0.6 is 0 Å². The molecule has 0 spiro atoms. The summed E-state index contributed by atoms with van der Waals surface area (Å²) < 4.78 is 11.6. The lowest BCUT2D eigenvalue weighted by atomic mass is 9.99. The van der Waals surface area contributed by atoms with Gasteiger partial charge in [-0.15, -0.1) is 0 Å². The zero-order valence-corrected chi connectivity index (χ0v) is 14.4. The first-order chi connectivity index (χ1) is 11.4. The summed E-state index contributed by atoms with van der Waals surface area (Å²) in [7, 11) is 0. The molecule has 0 saturated carbocycles. The first-order valence-corrected chi connectivity index (χ1v) is 8.62. The average molecular weight is 325 g/mol. The number of carbonyl (C=O) groups is 1. The van der Waals surface area contributed by atoms with E-state index in [0.29, 0.717) is 0 Å². The minimum absolute atomic E-state index is 0.113. The van der Waals surface area contributed by atoms with Crippen LogP contribution in [-0.4, -0.2) is 28.7 Å². The molecule has 2 aromatic rings. The van der Waals surface area contributed by atoms with E-state index in [1.807, 2.05) is 43.9 Å². The normalized spacial score (nSPS) is 23.5. The summed E-state index contributed by atoms with van der Waals surface area (Å²) in [6.07, 6.45) is 4.83. The molecule has 2 unspecified atom stereocenters. The van der Waals surface area contributed by atoms with Gasteiger partial charge in [-0.25, -0.2) is 4.79 Å². The Labute approximate surface area is 142 Å². The molecule has 0 radical (unpaired) electrons. The van der Waals surface area contributed by atoms with Crippen molar-refractivity contribution < 1.29 is 13.9 Å². The third-order valence-electron chi connectivity index (χ3n) is 4.74. The molecule has 2 atom stereocenters. The Morgan fingerprint density at radius 2 is 2.04 bits per heavy atom. The highest BCUT2D eigenvalue weighted by Crippen LogP contribution is 2.40. The van der Waals surface area contributed by atoms with Crippen LogP contribution in [0.3, 0.4) is 0 Å². The van der Waals surface area contributed by atoms with Gasteiger partial charge in [-0.1, -0.05) is 24.3 Å². The van der Waals surface area contributed by atoms with E-state index in [1.165, 1.54) is 5.57 Å². The maximum Gasteiger partial charge on any atom is 0.411 e. The number of hydrogen-bond donors (Lipinski definition) is 0. The summed E-state index contributed by atoms with van der Waals surface area (Å²) in [6, 6.07) is 10.5. The van der Waals surface area contributed by atoms with E-state index in [-0.39, 0.29) is 18.2 Å². The van der Waals surface area contributed by atoms with Gasteiger partial charge in [-0.3, -0.25) is 4.90 Å². The van der Waals surface area contributed by atoms with Crippen molar-refractivity contribution in [3.63, 3.8) is 0 Å². The molecule has 4 heteroatoms. The SMILES string of the molecule is CC(C)(C)OC(=O)N1C2C=C(c3cc4ccccc4o3)CC1CC2. The van der Waals surface area contributed by atoms with Gasteiger partial charge in [0.1, 0.15) is 16.9 Å². The summed E-state index contributed by atoms with van der Waals surface area (Å²) in [5.41, 5.74) is 1.66. The number of fused-ring (bicyclic) bond motifs is 3. The van der Waals surface area contributed by atoms with E-state index in [9.17, 15) is 4.79 Å². The van der Waals surface area contributed by atoms with Crippen LogP contribution in [-0.2, 0) is 4.74 Å². The standard InChI is InChI=1S/C20H23NO3/c1-20(2,3)24-19(22)21-15-8-9-16(21)11-14(10-15)18-12-13-6-4-5-7-17(13)23-18/h4-7,10,12,15-16H,8-9,11H2,1-3H3. The Morgan fingerprint density at radius 1 is 1.25 bits per heavy atom. The van der Waals surface area contributed by atoms with Gasteiger partial charge in [0.25, 0.3) is 0 Å². The fourth-order valence-electron chi connectivity index (χ4n) is 3.75. The van der Waals surface area contributed by atoms with Gasteiger partial charge in [-0.05, 0) is 57.7 Å². The number of nitrogens with zero attached hydrogens (tertiary/aromatic N) is 1. The summed E-state index contributed by atoms with van der Waals surface area (Å²) in [4.78, 5) is 14.4. The van der Waals surface area contributed by atoms with Crippen LogP contribution in [0.2, 0.25) is 0 Å². The molecular weight excluding hydrogens is 302 g/mol. The number of hydrogen-bond acceptors (Lipinski definition) is 3. The van der Waals surface area contributed by atoms with E-state index in [4.69, 9.17) is 9.15 Å². The van der Waals surface area contributed by atoms with Crippen molar-refractivity contribution >= 4 is 22.6 Å². The van der Waals surface area contributed by atoms with Crippen LogP contribution in [0.4, 0.5) is 4.79 Å². The van der Waals surface area contributed by atoms with Crippen molar-refractivity contribution in [2.24, 2.45) is 0 Å². The molecule has 2 bridgehead atoms. The van der Waals surface area contributed by atoms with E-state index < -0.39 is 5.60 Å². The van der Waals surface area contributed by atoms with Crippen molar-refractivity contribution in [1.82, 2.24) is 4.90 Å². The predicted molar refractivity (Wildman–Crippen MR) is 93.7 cm³/mol. The van der Waals surface area contributed by atoms with Crippen LogP contribution in [0, 0.1) is 0 Å². The van der Waals surface area contributed by atoms with Gasteiger partial charge in [0.2, 0.25) is 0 Å². The van der Waals surface area contributed by atoms with Gasteiger partial charge < -0.3 is 9.15 Å². The van der Waals surface area contributed by atoms with Crippen molar-refractivity contribution in [3.8, 4) is 0 Å². The quantitative estimate of drug-likeness (QED) is 0.742. The molecule has 3 heterocycles. The van der Waals surface area contributed by atoms with E-state index in [0.717, 1.165) is 36.0 Å². The molecule has 24 heavy (non-hydrogen) atoms. The predicted octanol–water partition coefficient (Wildman–Crippen LogP) is 4.99. The van der Waals surface area contributed by atoms with Gasteiger partial charge in [0, 0.05) is 11.4 Å². The third kappa shape index (κ3) is 2.70. The molecule has 1 fully saturated rings. The molecule has 1 amide bonds. The molecule has 0 N–H and O–H groups in total. The zero-order valence-electron chi connectivity index (χ0n) is 14.4. The van der Waals surface area contributed by atoms with Crippen molar-refractivity contribution in [1.29, 1.82) is 0 Å². The van der Waals surface area contributed by atoms with Crippen LogP contribution in [0.1, 0.15) is 45.8 Å². The van der Waals surface area contributed by atoms with Gasteiger partial charge in [0.05, 0.1) is 6.04 Å². The van der Waals surface area contributed by atoms with E-state index in [2.05, 4.69) is 18.2 Å². The van der Waals surface area contributed by atoms with Crippen molar-refractivity contribution in [2.45, 2.75) is 57.7 Å². The molecule has 0 aliphatic carbocycles. The number of ether oxygens (including phenoxy) is 1. The van der Waals surface area contributed by atoms with E-state index in [1.54, 1.807) is 0 Å². The summed E-state index contributed by atoms with van der Waals surface area (Å²) in [6.45, 7) is 5.73. The van der Waals surface area contributed by atoms with Crippen LogP contribution < -0.4 is 0 Å². The van der Waals surface area contributed by atoms with Gasteiger partial charge in [0.15, 0.2) is 0 Å². The number of carbonyl (C=O) groups excluding carboxylic acids is 1. The van der Waals surface area contributed by atoms with Crippen molar-refractivity contribution in [3.05, 3.63) is 42.2 Å². The zero-order chi connectivity index (χ0) is 16.9. The van der Waals surface area contributed by atoms with E-state index >= 15 is 0 Å². The largest absolute Gasteiger partial charge is 0.456 e. The van der Waals surface area contributed by atoms with Crippen LogP contribution in [0.5, 0.6) is 0 Å². The van der Waals surface area contributed by atoms with Crippen LogP contribution in [0.25, 0.3) is 16.5 Å². The second-order valence-electron chi connectivity index (χ2n) is 7.73. The summed E-state index contributed by atoms with van der Waals surface area (Å²) in [5, 5.41) is 1.12. The Hall–Kier alpha value is -2.23. The number of para-hydroxylation sites is 1. The molecule has 1 saturated heterocycles. The van der Waals surface area contributed by atoms with Crippen LogP contribution in [0.15, 0.2) is 40.8 Å². The number of amides is 1. The molecule has 4 nitrogen and oxygen atoms in total. The van der Waals surface area contributed by atoms with Crippen molar-refractivity contribution in [2.75, 3.05) is 0 Å². The Bertz CT molecular complexity index is 779. The maximum atomic E-state index is 12.5. The fourth-order valence-corrected chi connectivity index (χ4v) is 3.75. The molecule has 126 valence electrons. The smallest absolute Gasteiger partial charge is 0.411 e. The lowest BCUT2D eigenvalue weighted by Gasteiger charge is -2.35. The minimum atomic E-state index is -0.459. The molecule has 1 aromatic heterocycles. The summed E-state index contributed by atoms with van der Waals surface area (Å²) >= 11 is 0. The van der Waals surface area contributed by atoms with Gasteiger partial charge >= 0.3 is 6.09 Å². The molecular formula is C20H23NO3. The highest BCUT2D eigenvalue weighted by atomic mass is 16.6. The Kier molecular flexibility index (Phi) is 3.44. The Balaban J connectivity index is 1.60. The fraction of sp³-hybridized carbons (Fsp3) is 0.450. The highest BCUT2D eigenvalue weighted by Gasteiger charge is 2.42. The Morgan fingerprint density at radius 3 is 2.75 bits per heavy atom. The monoisotopic (exact) mass is 325 g/mol. The first kappa shape index (κ1) is 15.3. The second kappa shape index (κ2) is 5.40. The number of benzene rings is 1. The average Bonchev–Trinajstić information content (AvgIpc) is 3.04. The third-order valence-corrected chi connectivity index (χ3v) is 4.74. The highest BCUT2D eigenvalue weighted by molar-refractivity contribution is 5.83. The molecule has 4 rings (SSSR count). The molecule has 2 aliphatic heterocycles. The summed E-state index contributed by atoms with van der Waals surface area (Å²) in [5.74, 6) is 0.928. The lowest BCUT2D eigenvalue weighted by Crippen LogP contribution is -2.45. The molecule has 1 aromatic carbocycles. The topological polar surface area (TPSA) is 42.7 Å². The first-order valence-electron chi connectivity index (χ1n) is 8.62. The lowest BCUT2D eigenvalue weighted by molar-refractivity contribution is 0.0174. The minimum Gasteiger partial charge on any atom is -0.456 e. The number of rotatable bonds is 1. The second-order valence-corrected chi connectivity index (χ2v) is 7.73.